The summed E-state index contributed by atoms with van der Waals surface area (Å²) in [5, 5.41) is 0.516. The number of rotatable bonds is 4. The van der Waals surface area contributed by atoms with Crippen molar-refractivity contribution in [3.05, 3.63) is 45.1 Å². The number of carbonyl (C=O) groups is 1. The van der Waals surface area contributed by atoms with Gasteiger partial charge in [-0.1, -0.05) is 44.2 Å². The van der Waals surface area contributed by atoms with E-state index in [-0.39, 0.29) is 35.8 Å². The molecule has 1 heterocycles. The lowest BCUT2D eigenvalue weighted by Crippen LogP contribution is -2.46. The number of carbonyl (C=O) groups excluding carboxylic acids is 1. The number of hydrogen-bond acceptors (Lipinski definition) is 3. The fourth-order valence-electron chi connectivity index (χ4n) is 4.90. The second kappa shape index (κ2) is 7.94. The molecule has 2 fully saturated rings. The maximum Gasteiger partial charge on any atom is 0.332 e. The number of likely N-dealkylation sites (N-methyl/N-ethyl adjacent to an activating group) is 1. The number of amides is 1. The maximum atomic E-state index is 13.3. The van der Waals surface area contributed by atoms with Gasteiger partial charge >= 0.3 is 5.69 Å². The summed E-state index contributed by atoms with van der Waals surface area (Å²) in [6.45, 7) is -0.0145. The van der Waals surface area contributed by atoms with Crippen molar-refractivity contribution in [2.24, 2.45) is 0 Å². The summed E-state index contributed by atoms with van der Waals surface area (Å²) in [4.78, 5) is 41.1. The minimum atomic E-state index is -0.346. The summed E-state index contributed by atoms with van der Waals surface area (Å²) < 4.78 is 2.92. The molecular formula is C22H29N3O3. The van der Waals surface area contributed by atoms with Crippen molar-refractivity contribution >= 4 is 16.8 Å². The van der Waals surface area contributed by atoms with Gasteiger partial charge < -0.3 is 4.90 Å². The summed E-state index contributed by atoms with van der Waals surface area (Å²) >= 11 is 0. The number of aromatic nitrogens is 2. The monoisotopic (exact) mass is 383 g/mol. The van der Waals surface area contributed by atoms with Crippen molar-refractivity contribution in [1.29, 1.82) is 0 Å². The van der Waals surface area contributed by atoms with E-state index in [9.17, 15) is 14.4 Å². The molecule has 150 valence electrons. The highest BCUT2D eigenvalue weighted by Gasteiger charge is 2.26. The highest BCUT2D eigenvalue weighted by atomic mass is 16.2. The molecule has 0 spiro atoms. The molecule has 0 atom stereocenters. The lowest BCUT2D eigenvalue weighted by atomic mass is 9.94. The average molecular weight is 383 g/mol. The first kappa shape index (κ1) is 19.0. The van der Waals surface area contributed by atoms with Gasteiger partial charge in [-0.15, -0.1) is 0 Å². The standard InChI is InChI=1S/C22H29N3O3/c1-23(16-9-3-2-4-10-16)20(26)15-24-19-14-8-7-13-18(19)21(27)25(22(24)28)17-11-5-6-12-17/h7-8,13-14,16-17H,2-6,9-12,15H2,1H3. The summed E-state index contributed by atoms with van der Waals surface area (Å²) in [6, 6.07) is 7.35. The predicted octanol–water partition coefficient (Wildman–Crippen LogP) is 3.07. The van der Waals surface area contributed by atoms with Crippen molar-refractivity contribution in [3.63, 3.8) is 0 Å². The Morgan fingerprint density at radius 2 is 1.64 bits per heavy atom. The second-order valence-corrected chi connectivity index (χ2v) is 8.30. The number of benzene rings is 1. The van der Waals surface area contributed by atoms with Crippen LogP contribution in [-0.4, -0.2) is 33.0 Å². The van der Waals surface area contributed by atoms with E-state index >= 15 is 0 Å². The number of nitrogens with zero attached hydrogens (tertiary/aromatic N) is 3. The summed E-state index contributed by atoms with van der Waals surface area (Å²) in [5.41, 5.74) is -0.0185. The van der Waals surface area contributed by atoms with E-state index in [1.54, 1.807) is 12.1 Å². The summed E-state index contributed by atoms with van der Waals surface area (Å²) in [6.07, 6.45) is 9.36. The largest absolute Gasteiger partial charge is 0.341 e. The van der Waals surface area contributed by atoms with Crippen LogP contribution in [0.5, 0.6) is 0 Å². The Labute approximate surface area is 164 Å². The molecule has 1 aromatic heterocycles. The lowest BCUT2D eigenvalue weighted by molar-refractivity contribution is -0.133. The van der Waals surface area contributed by atoms with Crippen molar-refractivity contribution in [1.82, 2.24) is 14.0 Å². The first-order valence-corrected chi connectivity index (χ1v) is 10.6. The first-order chi connectivity index (χ1) is 13.6. The molecule has 2 aliphatic carbocycles. The Bertz CT molecular complexity index is 979. The van der Waals surface area contributed by atoms with Gasteiger partial charge in [0.05, 0.1) is 10.9 Å². The summed E-state index contributed by atoms with van der Waals surface area (Å²) in [5.74, 6) is -0.0595. The molecule has 6 heteroatoms. The smallest absolute Gasteiger partial charge is 0.332 e. The van der Waals surface area contributed by atoms with Gasteiger partial charge in [0.15, 0.2) is 0 Å². The molecule has 2 saturated carbocycles. The molecule has 0 N–H and O–H groups in total. The van der Waals surface area contributed by atoms with E-state index < -0.39 is 0 Å². The Kier molecular flexibility index (Phi) is 5.38. The zero-order valence-corrected chi connectivity index (χ0v) is 16.6. The molecular weight excluding hydrogens is 354 g/mol. The SMILES string of the molecule is CN(C(=O)Cn1c(=O)n(C2CCCC2)c(=O)c2ccccc21)C1CCCCC1. The average Bonchev–Trinajstić information content (AvgIpc) is 3.25. The molecule has 6 nitrogen and oxygen atoms in total. The molecule has 1 aromatic carbocycles. The first-order valence-electron chi connectivity index (χ1n) is 10.6. The van der Waals surface area contributed by atoms with E-state index in [0.29, 0.717) is 10.9 Å². The molecule has 2 aromatic rings. The Balaban J connectivity index is 1.74. The third kappa shape index (κ3) is 3.40. The van der Waals surface area contributed by atoms with E-state index in [1.165, 1.54) is 15.6 Å². The lowest BCUT2D eigenvalue weighted by Gasteiger charge is -2.31. The van der Waals surface area contributed by atoms with Gasteiger partial charge in [0, 0.05) is 19.1 Å². The van der Waals surface area contributed by atoms with Crippen LogP contribution >= 0.6 is 0 Å². The van der Waals surface area contributed by atoms with Gasteiger partial charge in [-0.05, 0) is 37.8 Å². The van der Waals surface area contributed by atoms with Crippen LogP contribution in [0.2, 0.25) is 0 Å². The maximum absolute atomic E-state index is 13.3. The summed E-state index contributed by atoms with van der Waals surface area (Å²) in [7, 11) is 1.85. The molecule has 0 unspecified atom stereocenters. The van der Waals surface area contributed by atoms with E-state index in [1.807, 2.05) is 24.1 Å². The molecule has 0 radical (unpaired) electrons. The van der Waals surface area contributed by atoms with Gasteiger partial charge in [-0.3, -0.25) is 18.7 Å². The molecule has 28 heavy (non-hydrogen) atoms. The van der Waals surface area contributed by atoms with Crippen LogP contribution in [0.3, 0.4) is 0 Å². The Morgan fingerprint density at radius 1 is 1.00 bits per heavy atom. The molecule has 0 saturated heterocycles. The van der Waals surface area contributed by atoms with Gasteiger partial charge in [0.2, 0.25) is 5.91 Å². The zero-order chi connectivity index (χ0) is 19.7. The van der Waals surface area contributed by atoms with Crippen molar-refractivity contribution in [2.45, 2.75) is 76.4 Å². The topological polar surface area (TPSA) is 64.3 Å². The highest BCUT2D eigenvalue weighted by molar-refractivity contribution is 5.81. The molecule has 4 rings (SSSR count). The minimum Gasteiger partial charge on any atom is -0.341 e. The van der Waals surface area contributed by atoms with Gasteiger partial charge in [0.1, 0.15) is 6.54 Å². The quantitative estimate of drug-likeness (QED) is 0.815. The van der Waals surface area contributed by atoms with Crippen LogP contribution in [-0.2, 0) is 11.3 Å². The molecule has 0 aliphatic heterocycles. The normalized spacial score (nSPS) is 18.6. The van der Waals surface area contributed by atoms with Gasteiger partial charge in [-0.2, -0.15) is 0 Å². The number of hydrogen-bond donors (Lipinski definition) is 0. The van der Waals surface area contributed by atoms with Crippen LogP contribution < -0.4 is 11.2 Å². The van der Waals surface area contributed by atoms with Gasteiger partial charge in [0.25, 0.3) is 5.56 Å². The Morgan fingerprint density at radius 3 is 2.36 bits per heavy atom. The van der Waals surface area contributed by atoms with Crippen LogP contribution in [0.25, 0.3) is 10.9 Å². The van der Waals surface area contributed by atoms with Crippen molar-refractivity contribution < 1.29 is 4.79 Å². The highest BCUT2D eigenvalue weighted by Crippen LogP contribution is 2.27. The van der Waals surface area contributed by atoms with Crippen LogP contribution in [0, 0.1) is 0 Å². The van der Waals surface area contributed by atoms with Crippen LogP contribution in [0.4, 0.5) is 0 Å². The van der Waals surface area contributed by atoms with E-state index in [4.69, 9.17) is 0 Å². The zero-order valence-electron chi connectivity index (χ0n) is 16.6. The van der Waals surface area contributed by atoms with E-state index in [2.05, 4.69) is 0 Å². The third-order valence-electron chi connectivity index (χ3n) is 6.58. The van der Waals surface area contributed by atoms with Gasteiger partial charge in [-0.25, -0.2) is 4.79 Å². The number of fused-ring (bicyclic) bond motifs is 1. The fourth-order valence-corrected chi connectivity index (χ4v) is 4.90. The fraction of sp³-hybridized carbons (Fsp3) is 0.591. The molecule has 2 aliphatic rings. The van der Waals surface area contributed by atoms with E-state index in [0.717, 1.165) is 51.4 Å². The molecule has 0 bridgehead atoms. The van der Waals surface area contributed by atoms with Crippen molar-refractivity contribution in [2.75, 3.05) is 7.05 Å². The second-order valence-electron chi connectivity index (χ2n) is 8.30. The third-order valence-corrected chi connectivity index (χ3v) is 6.58. The Hall–Kier alpha value is -2.37. The molecule has 1 amide bonds. The van der Waals surface area contributed by atoms with Crippen LogP contribution in [0.15, 0.2) is 33.9 Å². The van der Waals surface area contributed by atoms with Crippen molar-refractivity contribution in [3.8, 4) is 0 Å². The predicted molar refractivity (Wildman–Crippen MR) is 110 cm³/mol. The van der Waals surface area contributed by atoms with Crippen LogP contribution in [0.1, 0.15) is 63.8 Å². The minimum absolute atomic E-state index is 0.0145. The number of para-hydroxylation sites is 1.